The Balaban J connectivity index is 1.03. The molecule has 0 atom stereocenters. The predicted octanol–water partition coefficient (Wildman–Crippen LogP) is 11.7. The Hall–Kier alpha value is -6.70. The molecule has 0 spiro atoms. The number of aromatic nitrogens is 5. The average molecular weight is 670 g/mol. The Morgan fingerprint density at radius 1 is 0.569 bits per heavy atom. The van der Waals surface area contributed by atoms with E-state index in [1.165, 1.54) is 30.9 Å². The lowest BCUT2D eigenvalue weighted by atomic mass is 9.97. The maximum absolute atomic E-state index is 6.15. The van der Waals surface area contributed by atoms with Gasteiger partial charge in [-0.25, -0.2) is 19.9 Å². The number of benzene rings is 6. The molecule has 0 fully saturated rings. The molecule has 0 aliphatic carbocycles. The van der Waals surface area contributed by atoms with Gasteiger partial charge in [0.2, 0.25) is 5.71 Å². The van der Waals surface area contributed by atoms with Crippen LogP contribution < -0.4 is 0 Å². The smallest absolute Gasteiger partial charge is 0.247 e. The van der Waals surface area contributed by atoms with Crippen molar-refractivity contribution in [3.8, 4) is 22.4 Å². The highest BCUT2D eigenvalue weighted by atomic mass is 32.1. The van der Waals surface area contributed by atoms with E-state index in [1.807, 2.05) is 29.5 Å². The first-order valence-electron chi connectivity index (χ1n) is 16.9. The van der Waals surface area contributed by atoms with Gasteiger partial charge < -0.3 is 4.42 Å². The minimum atomic E-state index is 0.527. The summed E-state index contributed by atoms with van der Waals surface area (Å²) in [5, 5.41) is 8.22. The number of nitrogens with zero attached hydrogens (tertiary/aromatic N) is 5. The van der Waals surface area contributed by atoms with Gasteiger partial charge in [-0.3, -0.25) is 4.40 Å². The summed E-state index contributed by atoms with van der Waals surface area (Å²) in [5.41, 5.74) is 11.0. The maximum atomic E-state index is 6.15. The molecule has 7 heteroatoms. The molecule has 51 heavy (non-hydrogen) atoms. The largest absolute Gasteiger partial charge is 0.436 e. The Morgan fingerprint density at radius 3 is 2.33 bits per heavy atom. The van der Waals surface area contributed by atoms with Gasteiger partial charge in [0.1, 0.15) is 16.6 Å². The number of para-hydroxylation sites is 2. The Morgan fingerprint density at radius 2 is 1.37 bits per heavy atom. The van der Waals surface area contributed by atoms with Gasteiger partial charge in [-0.2, -0.15) is 0 Å². The molecule has 6 heterocycles. The quantitative estimate of drug-likeness (QED) is 0.183. The molecule has 6 nitrogen and oxygen atoms in total. The SMILES string of the molecule is c1ccc2c(c1)ccc1sc3c(cc(-c4ccc(-c5ccc6c(ccc7oc8nc9cccnc9nc8c76)c5)cc4)n4c5ccccc5nc34)c12. The molecule has 236 valence electrons. The molecule has 0 aliphatic rings. The number of furan rings is 1. The van der Waals surface area contributed by atoms with Gasteiger partial charge in [-0.05, 0) is 86.8 Å². The molecular formula is C44H23N5OS. The first kappa shape index (κ1) is 27.2. The number of pyridine rings is 2. The molecule has 0 saturated carbocycles. The minimum absolute atomic E-state index is 0.527. The van der Waals surface area contributed by atoms with Crippen LogP contribution in [0.4, 0.5) is 0 Å². The van der Waals surface area contributed by atoms with Crippen LogP contribution in [0.1, 0.15) is 0 Å². The second-order valence-electron chi connectivity index (χ2n) is 13.1. The van der Waals surface area contributed by atoms with Crippen LogP contribution in [0.25, 0.3) is 114 Å². The number of hydrogen-bond acceptors (Lipinski definition) is 6. The number of fused-ring (bicyclic) bond motifs is 15. The second-order valence-corrected chi connectivity index (χ2v) is 14.1. The van der Waals surface area contributed by atoms with Crippen LogP contribution in [-0.4, -0.2) is 24.3 Å². The maximum Gasteiger partial charge on any atom is 0.247 e. The lowest BCUT2D eigenvalue weighted by molar-refractivity contribution is 0.655. The molecule has 6 aromatic heterocycles. The van der Waals surface area contributed by atoms with E-state index in [0.717, 1.165) is 71.8 Å². The zero-order valence-corrected chi connectivity index (χ0v) is 27.6. The molecule has 0 radical (unpaired) electrons. The zero-order valence-electron chi connectivity index (χ0n) is 26.8. The number of hydrogen-bond donors (Lipinski definition) is 0. The summed E-state index contributed by atoms with van der Waals surface area (Å²) in [6.45, 7) is 0. The minimum Gasteiger partial charge on any atom is -0.436 e. The fourth-order valence-corrected chi connectivity index (χ4v) is 9.08. The van der Waals surface area contributed by atoms with Gasteiger partial charge in [-0.15, -0.1) is 11.3 Å². The first-order valence-corrected chi connectivity index (χ1v) is 17.7. The van der Waals surface area contributed by atoms with Crippen molar-refractivity contribution >= 4 is 103 Å². The summed E-state index contributed by atoms with van der Waals surface area (Å²) in [7, 11) is 0. The van der Waals surface area contributed by atoms with E-state index in [1.54, 1.807) is 6.20 Å². The van der Waals surface area contributed by atoms with Crippen LogP contribution in [-0.2, 0) is 0 Å². The van der Waals surface area contributed by atoms with Crippen LogP contribution in [0.3, 0.4) is 0 Å². The molecule has 0 unspecified atom stereocenters. The summed E-state index contributed by atoms with van der Waals surface area (Å²) in [6, 6.07) is 47.4. The monoisotopic (exact) mass is 669 g/mol. The van der Waals surface area contributed by atoms with Crippen molar-refractivity contribution in [3.05, 3.63) is 140 Å². The lowest BCUT2D eigenvalue weighted by Crippen LogP contribution is -1.93. The van der Waals surface area contributed by atoms with Gasteiger partial charge in [0, 0.05) is 21.7 Å². The van der Waals surface area contributed by atoms with E-state index in [9.17, 15) is 0 Å². The summed E-state index contributed by atoms with van der Waals surface area (Å²) in [5.74, 6) is 0. The fraction of sp³-hybridized carbons (Fsp3) is 0. The molecule has 0 aliphatic heterocycles. The van der Waals surface area contributed by atoms with Crippen molar-refractivity contribution in [2.75, 3.05) is 0 Å². The van der Waals surface area contributed by atoms with E-state index in [4.69, 9.17) is 19.4 Å². The topological polar surface area (TPSA) is 69.1 Å². The van der Waals surface area contributed by atoms with Crippen molar-refractivity contribution in [1.82, 2.24) is 24.3 Å². The highest BCUT2D eigenvalue weighted by Gasteiger charge is 2.19. The molecular weight excluding hydrogens is 647 g/mol. The molecule has 0 saturated heterocycles. The van der Waals surface area contributed by atoms with E-state index < -0.39 is 0 Å². The fourth-order valence-electron chi connectivity index (χ4n) is 7.90. The predicted molar refractivity (Wildman–Crippen MR) is 210 cm³/mol. The van der Waals surface area contributed by atoms with Gasteiger partial charge >= 0.3 is 0 Å². The van der Waals surface area contributed by atoms with Crippen molar-refractivity contribution < 1.29 is 4.42 Å². The van der Waals surface area contributed by atoms with E-state index in [0.29, 0.717) is 11.4 Å². The van der Waals surface area contributed by atoms with E-state index in [-0.39, 0.29) is 0 Å². The molecule has 12 aromatic rings. The Bertz CT molecular complexity index is 3430. The van der Waals surface area contributed by atoms with Crippen molar-refractivity contribution in [3.63, 3.8) is 0 Å². The Labute approximate surface area is 292 Å². The van der Waals surface area contributed by atoms with Crippen LogP contribution in [0, 0.1) is 0 Å². The lowest BCUT2D eigenvalue weighted by Gasteiger charge is -2.11. The van der Waals surface area contributed by atoms with Gasteiger partial charge in [0.25, 0.3) is 0 Å². The second kappa shape index (κ2) is 9.94. The normalized spacial score (nSPS) is 12.3. The summed E-state index contributed by atoms with van der Waals surface area (Å²) < 4.78 is 11.0. The Kier molecular flexibility index (Phi) is 5.29. The average Bonchev–Trinajstić information content (AvgIpc) is 3.88. The summed E-state index contributed by atoms with van der Waals surface area (Å²) in [4.78, 5) is 19.2. The van der Waals surface area contributed by atoms with Crippen LogP contribution in [0.15, 0.2) is 144 Å². The van der Waals surface area contributed by atoms with E-state index in [2.05, 4.69) is 125 Å². The van der Waals surface area contributed by atoms with Gasteiger partial charge in [0.15, 0.2) is 11.3 Å². The number of rotatable bonds is 2. The van der Waals surface area contributed by atoms with Crippen LogP contribution in [0.2, 0.25) is 0 Å². The zero-order chi connectivity index (χ0) is 33.2. The van der Waals surface area contributed by atoms with Crippen LogP contribution >= 0.6 is 11.3 Å². The van der Waals surface area contributed by atoms with Gasteiger partial charge in [0.05, 0.1) is 26.8 Å². The van der Waals surface area contributed by atoms with Crippen molar-refractivity contribution in [2.24, 2.45) is 0 Å². The molecule has 0 bridgehead atoms. The third kappa shape index (κ3) is 3.81. The number of thiophene rings is 1. The molecule has 6 aromatic carbocycles. The van der Waals surface area contributed by atoms with Crippen LogP contribution in [0.5, 0.6) is 0 Å². The number of imidazole rings is 1. The summed E-state index contributed by atoms with van der Waals surface area (Å²) in [6.07, 6.45) is 1.74. The third-order valence-corrected chi connectivity index (χ3v) is 11.4. The molecule has 0 amide bonds. The van der Waals surface area contributed by atoms with Gasteiger partial charge in [-0.1, -0.05) is 84.9 Å². The molecule has 0 N–H and O–H groups in total. The first-order chi connectivity index (χ1) is 25.2. The summed E-state index contributed by atoms with van der Waals surface area (Å²) >= 11 is 1.83. The van der Waals surface area contributed by atoms with E-state index >= 15 is 0 Å². The highest BCUT2D eigenvalue weighted by molar-refractivity contribution is 7.26. The third-order valence-electron chi connectivity index (χ3n) is 10.2. The highest BCUT2D eigenvalue weighted by Crippen LogP contribution is 2.43. The van der Waals surface area contributed by atoms with Crippen molar-refractivity contribution in [1.29, 1.82) is 0 Å². The molecule has 12 rings (SSSR count). The van der Waals surface area contributed by atoms with Crippen molar-refractivity contribution in [2.45, 2.75) is 0 Å². The standard InChI is InChI=1S/C44H23N5OS/c1-2-7-29-25(6-1)17-20-37-38(29)31-23-35(49-34-10-4-3-8-32(34)46-43(49)41(31)51-37)26-13-11-24(12-14-26)27-15-18-30-28(22-27)16-19-36-39(30)40-44(50-36)47-33-9-5-21-45-42(33)48-40/h1-23H.